The number of phenolic OH excluding ortho intramolecular Hbond substituents is 1. The number of benzene rings is 4. The molecule has 2 aliphatic heterocycles. The number of anilines is 2. The van der Waals surface area contributed by atoms with Crippen molar-refractivity contribution in [1.82, 2.24) is 5.01 Å². The predicted molar refractivity (Wildman–Crippen MR) is 202 cm³/mol. The number of methoxy groups -OCH3 is 1. The summed E-state index contributed by atoms with van der Waals surface area (Å²) in [5.74, 6) is -5.15. The zero-order valence-electron chi connectivity index (χ0n) is 28.7. The Bertz CT molecular complexity index is 2220. The van der Waals surface area contributed by atoms with Gasteiger partial charge in [0.05, 0.1) is 46.7 Å². The largest absolute Gasteiger partial charge is 0.508 e. The van der Waals surface area contributed by atoms with Crippen LogP contribution in [0.4, 0.5) is 11.4 Å². The number of hydrazine groups is 1. The molecule has 0 aromatic heterocycles. The number of nitrogens with one attached hydrogen (secondary N) is 1. The van der Waals surface area contributed by atoms with E-state index in [0.717, 1.165) is 22.6 Å². The van der Waals surface area contributed by atoms with Gasteiger partial charge in [-0.1, -0.05) is 83.7 Å². The van der Waals surface area contributed by atoms with Crippen LogP contribution in [0.15, 0.2) is 96.6 Å². The monoisotopic (exact) mass is 769 g/mol. The van der Waals surface area contributed by atoms with Gasteiger partial charge in [-0.2, -0.15) is 5.01 Å². The molecule has 0 spiro atoms. The first-order chi connectivity index (χ1) is 25.5. The number of hydrogen-bond acceptors (Lipinski definition) is 7. The number of allylic oxidation sites excluding steroid dienone is 2. The van der Waals surface area contributed by atoms with Crippen molar-refractivity contribution < 1.29 is 29.0 Å². The number of carbonyl (C=O) groups is 4. The molecule has 53 heavy (non-hydrogen) atoms. The minimum atomic E-state index is -1.58. The molecular formula is C41H34Cl3N3O6. The Hall–Kier alpha value is -4.83. The molecule has 2 aliphatic carbocycles. The van der Waals surface area contributed by atoms with Gasteiger partial charge in [-0.25, -0.2) is 0 Å². The Morgan fingerprint density at radius 1 is 0.849 bits per heavy atom. The first-order valence-electron chi connectivity index (χ1n) is 17.4. The number of ether oxygens (including phenoxy) is 1. The van der Waals surface area contributed by atoms with Crippen LogP contribution < -0.4 is 15.1 Å². The molecule has 3 fully saturated rings. The Labute approximate surface area is 321 Å². The van der Waals surface area contributed by atoms with Gasteiger partial charge in [0.1, 0.15) is 11.5 Å². The van der Waals surface area contributed by atoms with Crippen LogP contribution in [0, 0.1) is 23.7 Å². The van der Waals surface area contributed by atoms with Crippen LogP contribution >= 0.6 is 34.8 Å². The molecule has 2 N–H and O–H groups in total. The number of aromatic hydroxyl groups is 1. The molecule has 0 radical (unpaired) electrons. The van der Waals surface area contributed by atoms with Crippen LogP contribution in [0.5, 0.6) is 11.5 Å². The van der Waals surface area contributed by atoms with Crippen molar-refractivity contribution in [2.45, 2.75) is 37.5 Å². The minimum absolute atomic E-state index is 0.0744. The van der Waals surface area contributed by atoms with Crippen LogP contribution in [0.25, 0.3) is 0 Å². The van der Waals surface area contributed by atoms with Gasteiger partial charge in [-0.3, -0.25) is 29.5 Å². The van der Waals surface area contributed by atoms with Crippen molar-refractivity contribution in [3.63, 3.8) is 0 Å². The molecule has 4 aromatic rings. The summed E-state index contributed by atoms with van der Waals surface area (Å²) >= 11 is 19.7. The number of halogens is 3. The molecule has 6 atom stereocenters. The van der Waals surface area contributed by atoms with Crippen molar-refractivity contribution in [2.24, 2.45) is 23.7 Å². The third-order valence-electron chi connectivity index (χ3n) is 11.5. The van der Waals surface area contributed by atoms with Crippen LogP contribution in [0.3, 0.4) is 0 Å². The molecule has 4 aliphatic rings. The highest BCUT2D eigenvalue weighted by atomic mass is 35.5. The van der Waals surface area contributed by atoms with Gasteiger partial charge in [-0.15, -0.1) is 0 Å². The number of rotatable bonds is 7. The molecule has 8 rings (SSSR count). The third kappa shape index (κ3) is 5.35. The lowest BCUT2D eigenvalue weighted by Gasteiger charge is -2.50. The van der Waals surface area contributed by atoms with Crippen LogP contribution in [-0.4, -0.2) is 40.9 Å². The van der Waals surface area contributed by atoms with Gasteiger partial charge in [0.15, 0.2) is 0 Å². The minimum Gasteiger partial charge on any atom is -0.508 e. The molecule has 6 unspecified atom stereocenters. The molecule has 2 heterocycles. The molecular weight excluding hydrogens is 737 g/mol. The van der Waals surface area contributed by atoms with Crippen molar-refractivity contribution >= 4 is 69.8 Å². The van der Waals surface area contributed by atoms with Gasteiger partial charge in [0, 0.05) is 16.0 Å². The Morgan fingerprint density at radius 3 is 2.25 bits per heavy atom. The standard InChI is InChI=1S/C41H34Cl3N3O6/c1-3-21-4-9-24(10-5-21)46-37(49)29-16-15-27-30(35(29)39(46)51)20-31-38(50)47(45-34-17-8-23(42)18-33(34)44)40(52)41(31,22-6-12-26(53-2)13-7-22)36(27)28-14-11-25(48)19-32(28)43/h4-15,17-19,29-31,35-36,45,48H,3,16,20H2,1-2H3. The van der Waals surface area contributed by atoms with E-state index in [2.05, 4.69) is 5.43 Å². The summed E-state index contributed by atoms with van der Waals surface area (Å²) in [7, 11) is 1.54. The fourth-order valence-corrected chi connectivity index (χ4v) is 9.81. The van der Waals surface area contributed by atoms with Gasteiger partial charge in [-0.05, 0) is 96.5 Å². The molecule has 12 heteroatoms. The quantitative estimate of drug-likeness (QED) is 0.144. The summed E-state index contributed by atoms with van der Waals surface area (Å²) in [6, 6.07) is 23.6. The molecule has 1 saturated carbocycles. The normalized spacial score (nSPS) is 26.3. The molecule has 4 aromatic carbocycles. The van der Waals surface area contributed by atoms with E-state index < -0.39 is 46.8 Å². The maximum Gasteiger partial charge on any atom is 0.260 e. The average Bonchev–Trinajstić information content (AvgIpc) is 3.53. The van der Waals surface area contributed by atoms with Crippen molar-refractivity contribution in [3.05, 3.63) is 128 Å². The number of fused-ring (bicyclic) bond motifs is 4. The van der Waals surface area contributed by atoms with Crippen LogP contribution in [0.1, 0.15) is 42.4 Å². The fourth-order valence-electron chi connectivity index (χ4n) is 9.07. The fraction of sp³-hybridized carbons (Fsp3) is 0.268. The predicted octanol–water partition coefficient (Wildman–Crippen LogP) is 8.11. The van der Waals surface area contributed by atoms with Crippen LogP contribution in [-0.2, 0) is 31.0 Å². The summed E-state index contributed by atoms with van der Waals surface area (Å²) in [5, 5.41) is 12.2. The molecule has 2 saturated heterocycles. The van der Waals surface area contributed by atoms with E-state index in [1.54, 1.807) is 54.6 Å². The number of carbonyl (C=O) groups excluding carboxylic acids is 4. The molecule has 9 nitrogen and oxygen atoms in total. The number of nitrogens with zero attached hydrogens (tertiary/aromatic N) is 2. The summed E-state index contributed by atoms with van der Waals surface area (Å²) in [4.78, 5) is 60.2. The summed E-state index contributed by atoms with van der Waals surface area (Å²) in [6.45, 7) is 2.03. The second-order valence-electron chi connectivity index (χ2n) is 13.9. The number of amides is 4. The SMILES string of the molecule is CCc1ccc(N2C(=O)C3CC=C4C(CC5C(=O)N(Nc6ccc(Cl)cc6Cl)C(=O)C5(c5ccc(OC)cc5)C4c4ccc(O)cc4Cl)C3C2=O)cc1. The Kier molecular flexibility index (Phi) is 8.79. The van der Waals surface area contributed by atoms with Crippen molar-refractivity contribution in [3.8, 4) is 11.5 Å². The van der Waals surface area contributed by atoms with Crippen molar-refractivity contribution in [1.29, 1.82) is 0 Å². The number of imide groups is 2. The van der Waals surface area contributed by atoms with Crippen molar-refractivity contribution in [2.75, 3.05) is 17.4 Å². The van der Waals surface area contributed by atoms with E-state index in [0.29, 0.717) is 33.3 Å². The molecule has 270 valence electrons. The highest BCUT2D eigenvalue weighted by Gasteiger charge is 2.70. The van der Waals surface area contributed by atoms with E-state index in [4.69, 9.17) is 39.5 Å². The zero-order chi connectivity index (χ0) is 37.3. The van der Waals surface area contributed by atoms with Crippen LogP contribution in [0.2, 0.25) is 15.1 Å². The van der Waals surface area contributed by atoms with Gasteiger partial charge >= 0.3 is 0 Å². The highest BCUT2D eigenvalue weighted by Crippen LogP contribution is 2.65. The lowest BCUT2D eigenvalue weighted by molar-refractivity contribution is -0.138. The molecule has 0 bridgehead atoms. The third-order valence-corrected chi connectivity index (χ3v) is 12.4. The van der Waals surface area contributed by atoms with E-state index in [1.807, 2.05) is 25.1 Å². The second kappa shape index (κ2) is 13.2. The lowest BCUT2D eigenvalue weighted by atomic mass is 9.49. The van der Waals surface area contributed by atoms with Gasteiger partial charge < -0.3 is 9.84 Å². The van der Waals surface area contributed by atoms with Gasteiger partial charge in [0.2, 0.25) is 11.8 Å². The first-order valence-corrected chi connectivity index (χ1v) is 18.5. The van der Waals surface area contributed by atoms with E-state index in [9.17, 15) is 19.5 Å². The Morgan fingerprint density at radius 2 is 1.58 bits per heavy atom. The number of aryl methyl sites for hydroxylation is 1. The smallest absolute Gasteiger partial charge is 0.260 e. The summed E-state index contributed by atoms with van der Waals surface area (Å²) in [5.41, 5.74) is 5.04. The average molecular weight is 771 g/mol. The lowest BCUT2D eigenvalue weighted by Crippen LogP contribution is -2.53. The summed E-state index contributed by atoms with van der Waals surface area (Å²) < 4.78 is 5.46. The van der Waals surface area contributed by atoms with E-state index in [1.165, 1.54) is 30.2 Å². The summed E-state index contributed by atoms with van der Waals surface area (Å²) in [6.07, 6.45) is 3.12. The van der Waals surface area contributed by atoms with E-state index in [-0.39, 0.29) is 40.5 Å². The maximum atomic E-state index is 15.4. The maximum absolute atomic E-state index is 15.4. The first kappa shape index (κ1) is 35.2. The Balaban J connectivity index is 1.32. The number of hydrogen-bond donors (Lipinski definition) is 2. The number of phenols is 1. The van der Waals surface area contributed by atoms with Gasteiger partial charge in [0.25, 0.3) is 11.8 Å². The highest BCUT2D eigenvalue weighted by molar-refractivity contribution is 6.36. The second-order valence-corrected chi connectivity index (χ2v) is 15.2. The topological polar surface area (TPSA) is 116 Å². The zero-order valence-corrected chi connectivity index (χ0v) is 31.0. The van der Waals surface area contributed by atoms with E-state index >= 15 is 4.79 Å². The molecule has 4 amide bonds.